The Morgan fingerprint density at radius 2 is 2.04 bits per heavy atom. The summed E-state index contributed by atoms with van der Waals surface area (Å²) < 4.78 is 0. The van der Waals surface area contributed by atoms with Gasteiger partial charge in [-0.05, 0) is 49.1 Å². The second-order valence-electron chi connectivity index (χ2n) is 6.75. The molecule has 0 aliphatic rings. The summed E-state index contributed by atoms with van der Waals surface area (Å²) in [6.07, 6.45) is 0.883. The summed E-state index contributed by atoms with van der Waals surface area (Å²) in [6.45, 7) is 6.42. The van der Waals surface area contributed by atoms with E-state index in [1.807, 2.05) is 25.1 Å². The number of carbonyl (C=O) groups excluding carboxylic acids is 1. The average Bonchev–Trinajstić information content (AvgIpc) is 2.93. The highest BCUT2D eigenvalue weighted by Crippen LogP contribution is 2.20. The van der Waals surface area contributed by atoms with Gasteiger partial charge in [0.2, 0.25) is 5.56 Å². The Bertz CT molecular complexity index is 969. The van der Waals surface area contributed by atoms with E-state index in [4.69, 9.17) is 0 Å². The zero-order chi connectivity index (χ0) is 18.0. The molecule has 3 aromatic rings. The van der Waals surface area contributed by atoms with Crippen LogP contribution < -0.4 is 10.9 Å². The van der Waals surface area contributed by atoms with Crippen LogP contribution in [0.25, 0.3) is 10.9 Å². The highest BCUT2D eigenvalue weighted by atomic mass is 16.1. The molecule has 25 heavy (non-hydrogen) atoms. The number of benzene rings is 1. The van der Waals surface area contributed by atoms with Crippen molar-refractivity contribution >= 4 is 16.8 Å². The topological polar surface area (TPSA) is 90.6 Å². The maximum Gasteiger partial charge on any atom is 0.251 e. The SMILES string of the molecule is Cc1cc(CNC(=O)c2ccc3n[nH]c(CC(C)C)c3c2)cc(=O)[nH]1. The Hall–Kier alpha value is -2.89. The molecule has 6 heteroatoms. The van der Waals surface area contributed by atoms with Gasteiger partial charge in [0.15, 0.2) is 0 Å². The molecule has 0 fully saturated rings. The minimum absolute atomic E-state index is 0.164. The number of fused-ring (bicyclic) bond motifs is 1. The minimum Gasteiger partial charge on any atom is -0.348 e. The number of carbonyl (C=O) groups is 1. The normalized spacial score (nSPS) is 11.2. The summed E-state index contributed by atoms with van der Waals surface area (Å²) in [5.41, 5.74) is 3.87. The number of aryl methyl sites for hydroxylation is 1. The van der Waals surface area contributed by atoms with E-state index < -0.39 is 0 Å². The average molecular weight is 338 g/mol. The fraction of sp³-hybridized carbons (Fsp3) is 0.316. The van der Waals surface area contributed by atoms with Crippen molar-refractivity contribution in [2.45, 2.75) is 33.7 Å². The molecule has 2 aromatic heterocycles. The molecular weight excluding hydrogens is 316 g/mol. The van der Waals surface area contributed by atoms with Gasteiger partial charge in [0, 0.05) is 34.9 Å². The summed E-state index contributed by atoms with van der Waals surface area (Å²) in [6, 6.07) is 8.83. The molecule has 0 unspecified atom stereocenters. The van der Waals surface area contributed by atoms with Gasteiger partial charge in [-0.3, -0.25) is 14.7 Å². The van der Waals surface area contributed by atoms with Crippen molar-refractivity contribution in [3.63, 3.8) is 0 Å². The number of aromatic nitrogens is 3. The molecule has 3 rings (SSSR count). The number of nitrogens with one attached hydrogen (secondary N) is 3. The first-order valence-electron chi connectivity index (χ1n) is 8.37. The van der Waals surface area contributed by atoms with Crippen molar-refractivity contribution in [3.05, 3.63) is 63.2 Å². The highest BCUT2D eigenvalue weighted by Gasteiger charge is 2.11. The molecule has 1 aromatic carbocycles. The molecular formula is C19H22N4O2. The van der Waals surface area contributed by atoms with Gasteiger partial charge in [-0.1, -0.05) is 13.8 Å². The maximum absolute atomic E-state index is 12.5. The van der Waals surface area contributed by atoms with Gasteiger partial charge in [-0.25, -0.2) is 0 Å². The molecule has 1 amide bonds. The van der Waals surface area contributed by atoms with E-state index in [0.29, 0.717) is 18.0 Å². The van der Waals surface area contributed by atoms with Crippen LogP contribution in [0.2, 0.25) is 0 Å². The summed E-state index contributed by atoms with van der Waals surface area (Å²) in [5.74, 6) is 0.331. The van der Waals surface area contributed by atoms with Gasteiger partial charge in [0.25, 0.3) is 5.91 Å². The van der Waals surface area contributed by atoms with Crippen molar-refractivity contribution in [1.82, 2.24) is 20.5 Å². The van der Waals surface area contributed by atoms with E-state index in [-0.39, 0.29) is 11.5 Å². The first-order valence-corrected chi connectivity index (χ1v) is 8.37. The lowest BCUT2D eigenvalue weighted by atomic mass is 10.0. The number of nitrogens with zero attached hydrogens (tertiary/aromatic N) is 1. The van der Waals surface area contributed by atoms with Crippen LogP contribution in [0, 0.1) is 12.8 Å². The molecule has 0 bridgehead atoms. The fourth-order valence-corrected chi connectivity index (χ4v) is 2.91. The smallest absolute Gasteiger partial charge is 0.251 e. The maximum atomic E-state index is 12.5. The first-order chi connectivity index (χ1) is 11.9. The lowest BCUT2D eigenvalue weighted by molar-refractivity contribution is 0.0951. The number of hydrogen-bond donors (Lipinski definition) is 3. The van der Waals surface area contributed by atoms with Crippen molar-refractivity contribution in [1.29, 1.82) is 0 Å². The van der Waals surface area contributed by atoms with E-state index >= 15 is 0 Å². The Balaban J connectivity index is 1.78. The summed E-state index contributed by atoms with van der Waals surface area (Å²) >= 11 is 0. The Kier molecular flexibility index (Phi) is 4.70. The van der Waals surface area contributed by atoms with Crippen LogP contribution in [-0.2, 0) is 13.0 Å². The van der Waals surface area contributed by atoms with Gasteiger partial charge in [0.1, 0.15) is 0 Å². The molecule has 0 saturated heterocycles. The van der Waals surface area contributed by atoms with Gasteiger partial charge < -0.3 is 10.3 Å². The molecule has 0 atom stereocenters. The largest absolute Gasteiger partial charge is 0.348 e. The van der Waals surface area contributed by atoms with E-state index in [1.54, 1.807) is 6.07 Å². The van der Waals surface area contributed by atoms with Crippen molar-refractivity contribution < 1.29 is 4.79 Å². The quantitative estimate of drug-likeness (QED) is 0.668. The van der Waals surface area contributed by atoms with Crippen LogP contribution in [0.5, 0.6) is 0 Å². The number of hydrogen-bond acceptors (Lipinski definition) is 3. The van der Waals surface area contributed by atoms with Crippen LogP contribution >= 0.6 is 0 Å². The van der Waals surface area contributed by atoms with Crippen LogP contribution in [0.15, 0.2) is 35.1 Å². The number of amides is 1. The summed E-state index contributed by atoms with van der Waals surface area (Å²) in [4.78, 5) is 26.6. The number of pyridine rings is 1. The predicted octanol–water partition coefficient (Wildman–Crippen LogP) is 2.69. The zero-order valence-electron chi connectivity index (χ0n) is 14.6. The molecule has 130 valence electrons. The third kappa shape index (κ3) is 3.96. The van der Waals surface area contributed by atoms with Crippen molar-refractivity contribution in [2.24, 2.45) is 5.92 Å². The first kappa shape index (κ1) is 17.0. The highest BCUT2D eigenvalue weighted by molar-refractivity contribution is 5.98. The Morgan fingerprint density at radius 3 is 2.76 bits per heavy atom. The number of aromatic amines is 2. The van der Waals surface area contributed by atoms with Gasteiger partial charge in [-0.15, -0.1) is 0 Å². The molecule has 0 saturated carbocycles. The van der Waals surface area contributed by atoms with E-state index in [2.05, 4.69) is 34.3 Å². The molecule has 0 aliphatic carbocycles. The van der Waals surface area contributed by atoms with Gasteiger partial charge in [-0.2, -0.15) is 5.10 Å². The molecule has 0 spiro atoms. The zero-order valence-corrected chi connectivity index (χ0v) is 14.6. The van der Waals surface area contributed by atoms with Crippen molar-refractivity contribution in [2.75, 3.05) is 0 Å². The molecule has 3 N–H and O–H groups in total. The molecule has 0 radical (unpaired) electrons. The molecule has 0 aliphatic heterocycles. The Morgan fingerprint density at radius 1 is 1.24 bits per heavy atom. The minimum atomic E-state index is -0.170. The Labute approximate surface area is 145 Å². The third-order valence-electron chi connectivity index (χ3n) is 4.00. The van der Waals surface area contributed by atoms with Crippen LogP contribution in [0.4, 0.5) is 0 Å². The van der Waals surface area contributed by atoms with Crippen LogP contribution in [0.1, 0.15) is 41.2 Å². The van der Waals surface area contributed by atoms with Gasteiger partial charge >= 0.3 is 0 Å². The number of rotatable bonds is 5. The predicted molar refractivity (Wildman–Crippen MR) is 97.6 cm³/mol. The number of H-pyrrole nitrogens is 2. The molecule has 2 heterocycles. The van der Waals surface area contributed by atoms with E-state index in [0.717, 1.165) is 34.3 Å². The fourth-order valence-electron chi connectivity index (χ4n) is 2.91. The van der Waals surface area contributed by atoms with Crippen LogP contribution in [0.3, 0.4) is 0 Å². The third-order valence-corrected chi connectivity index (χ3v) is 4.00. The second kappa shape index (κ2) is 6.93. The van der Waals surface area contributed by atoms with Gasteiger partial charge in [0.05, 0.1) is 5.52 Å². The summed E-state index contributed by atoms with van der Waals surface area (Å²) in [5, 5.41) is 11.2. The standard InChI is InChI=1S/C19H22N4O2/c1-11(2)6-17-15-9-14(4-5-16(15)22-23-17)19(25)20-10-13-7-12(3)21-18(24)8-13/h4-5,7-9,11H,6,10H2,1-3H3,(H,20,25)(H,21,24)(H,22,23). The van der Waals surface area contributed by atoms with E-state index in [9.17, 15) is 9.59 Å². The monoisotopic (exact) mass is 338 g/mol. The second-order valence-corrected chi connectivity index (χ2v) is 6.75. The summed E-state index contributed by atoms with van der Waals surface area (Å²) in [7, 11) is 0. The molecule has 6 nitrogen and oxygen atoms in total. The van der Waals surface area contributed by atoms with E-state index in [1.165, 1.54) is 6.07 Å². The lowest BCUT2D eigenvalue weighted by Gasteiger charge is -2.07. The lowest BCUT2D eigenvalue weighted by Crippen LogP contribution is -2.23. The van der Waals surface area contributed by atoms with Crippen LogP contribution in [-0.4, -0.2) is 21.1 Å². The van der Waals surface area contributed by atoms with Crippen molar-refractivity contribution in [3.8, 4) is 0 Å².